The van der Waals surface area contributed by atoms with Crippen molar-refractivity contribution in [2.75, 3.05) is 6.54 Å². The second-order valence-corrected chi connectivity index (χ2v) is 4.95. The molecule has 110 valence electrons. The maximum Gasteiger partial charge on any atom is 0.207 e. The Hall–Kier alpha value is -3.01. The summed E-state index contributed by atoms with van der Waals surface area (Å²) in [4.78, 5) is 12.8. The fourth-order valence-corrected chi connectivity index (χ4v) is 2.49. The fraction of sp³-hybridized carbons (Fsp3) is 0.267. The van der Waals surface area contributed by atoms with Crippen molar-refractivity contribution in [3.8, 4) is 11.8 Å². The number of ketones is 1. The number of hydrogen-bond donors (Lipinski definition) is 1. The van der Waals surface area contributed by atoms with E-state index in [0.29, 0.717) is 11.3 Å². The molecule has 0 saturated carbocycles. The highest BCUT2D eigenvalue weighted by Gasteiger charge is 2.22. The van der Waals surface area contributed by atoms with E-state index in [1.807, 2.05) is 6.07 Å². The van der Waals surface area contributed by atoms with Crippen LogP contribution in [0.4, 0.5) is 0 Å². The Morgan fingerprint density at radius 3 is 2.86 bits per heavy atom. The molecular formula is C15H14N6O. The third kappa shape index (κ3) is 2.59. The van der Waals surface area contributed by atoms with Crippen molar-refractivity contribution < 1.29 is 4.79 Å². The Bertz CT molecular complexity index is 749. The molecule has 22 heavy (non-hydrogen) atoms. The van der Waals surface area contributed by atoms with Gasteiger partial charge in [-0.3, -0.25) is 4.79 Å². The van der Waals surface area contributed by atoms with Gasteiger partial charge in [-0.15, -0.1) is 5.10 Å². The Labute approximate surface area is 127 Å². The minimum atomic E-state index is -0.307. The van der Waals surface area contributed by atoms with Crippen molar-refractivity contribution in [1.29, 1.82) is 5.26 Å². The van der Waals surface area contributed by atoms with E-state index in [1.54, 1.807) is 24.3 Å². The number of carbonyl (C=O) groups is 1. The molecule has 0 amide bonds. The largest absolute Gasteiger partial charge is 0.387 e. The van der Waals surface area contributed by atoms with Crippen LogP contribution in [-0.4, -0.2) is 32.5 Å². The van der Waals surface area contributed by atoms with Gasteiger partial charge in [0.1, 0.15) is 18.0 Å². The quantitative estimate of drug-likeness (QED) is 0.522. The number of nitrogens with zero attached hydrogens (tertiary/aromatic N) is 5. The molecule has 0 radical (unpaired) electrons. The SMILES string of the molecule is N#C/C(C(=O)c1ccccc1-n1cnnn1)=C1\CCCCN1. The number of rotatable bonds is 3. The van der Waals surface area contributed by atoms with E-state index in [9.17, 15) is 10.1 Å². The minimum Gasteiger partial charge on any atom is -0.387 e. The third-order valence-electron chi connectivity index (χ3n) is 3.58. The third-order valence-corrected chi connectivity index (χ3v) is 3.58. The van der Waals surface area contributed by atoms with Gasteiger partial charge in [0.25, 0.3) is 0 Å². The molecule has 1 N–H and O–H groups in total. The fourth-order valence-electron chi connectivity index (χ4n) is 2.49. The van der Waals surface area contributed by atoms with Gasteiger partial charge in [-0.05, 0) is 41.8 Å². The van der Waals surface area contributed by atoms with Crippen molar-refractivity contribution in [2.45, 2.75) is 19.3 Å². The molecule has 1 aromatic carbocycles. The van der Waals surface area contributed by atoms with Gasteiger partial charge in [-0.2, -0.15) is 9.94 Å². The Kier molecular flexibility index (Phi) is 3.92. The first-order valence-electron chi connectivity index (χ1n) is 7.05. The summed E-state index contributed by atoms with van der Waals surface area (Å²) in [6, 6.07) is 9.03. The lowest BCUT2D eigenvalue weighted by Gasteiger charge is -2.18. The molecule has 0 unspecified atom stereocenters. The Balaban J connectivity index is 2.04. The second-order valence-electron chi connectivity index (χ2n) is 4.95. The van der Waals surface area contributed by atoms with Gasteiger partial charge in [0.05, 0.1) is 5.69 Å². The van der Waals surface area contributed by atoms with E-state index in [1.165, 1.54) is 11.0 Å². The number of Topliss-reactive ketones (excluding diaryl/α,β-unsaturated/α-hetero) is 1. The molecule has 1 aliphatic rings. The number of hydrogen-bond acceptors (Lipinski definition) is 6. The standard InChI is InChI=1S/C15H14N6O/c16-9-12(13-6-3-4-8-17-13)15(22)11-5-1-2-7-14(11)21-10-18-19-20-21/h1-2,5,7,10,17H,3-4,6,8H2/b13-12-. The maximum absolute atomic E-state index is 12.8. The average molecular weight is 294 g/mol. The topological polar surface area (TPSA) is 96.5 Å². The Morgan fingerprint density at radius 1 is 1.32 bits per heavy atom. The van der Waals surface area contributed by atoms with E-state index in [0.717, 1.165) is 31.5 Å². The summed E-state index contributed by atoms with van der Waals surface area (Å²) in [5, 5.41) is 23.6. The highest BCUT2D eigenvalue weighted by atomic mass is 16.1. The smallest absolute Gasteiger partial charge is 0.207 e. The van der Waals surface area contributed by atoms with E-state index in [4.69, 9.17) is 0 Å². The summed E-state index contributed by atoms with van der Waals surface area (Å²) in [6.07, 6.45) is 4.18. The molecular weight excluding hydrogens is 280 g/mol. The van der Waals surface area contributed by atoms with Crippen molar-refractivity contribution in [3.63, 3.8) is 0 Å². The van der Waals surface area contributed by atoms with E-state index >= 15 is 0 Å². The van der Waals surface area contributed by atoms with Crippen molar-refractivity contribution in [3.05, 3.63) is 47.4 Å². The lowest BCUT2D eigenvalue weighted by Crippen LogP contribution is -2.24. The van der Waals surface area contributed by atoms with Crippen molar-refractivity contribution in [1.82, 2.24) is 25.5 Å². The van der Waals surface area contributed by atoms with Crippen LogP contribution in [0.1, 0.15) is 29.6 Å². The van der Waals surface area contributed by atoms with Crippen molar-refractivity contribution in [2.24, 2.45) is 0 Å². The predicted molar refractivity (Wildman–Crippen MR) is 78.0 cm³/mol. The zero-order valence-electron chi connectivity index (χ0n) is 11.9. The summed E-state index contributed by atoms with van der Waals surface area (Å²) in [5.41, 5.74) is 1.86. The number of carbonyl (C=O) groups excluding carboxylic acids is 1. The van der Waals surface area contributed by atoms with Gasteiger partial charge in [-0.1, -0.05) is 12.1 Å². The summed E-state index contributed by atoms with van der Waals surface area (Å²) in [7, 11) is 0. The molecule has 1 fully saturated rings. The monoisotopic (exact) mass is 294 g/mol. The zero-order chi connectivity index (χ0) is 15.4. The van der Waals surface area contributed by atoms with Crippen LogP contribution in [0.2, 0.25) is 0 Å². The highest BCUT2D eigenvalue weighted by molar-refractivity contribution is 6.13. The molecule has 0 atom stereocenters. The van der Waals surface area contributed by atoms with E-state index in [2.05, 4.69) is 20.8 Å². The van der Waals surface area contributed by atoms with Gasteiger partial charge in [0.2, 0.25) is 5.78 Å². The predicted octanol–water partition coefficient (Wildman–Crippen LogP) is 1.40. The summed E-state index contributed by atoms with van der Waals surface area (Å²) in [6.45, 7) is 0.794. The summed E-state index contributed by atoms with van der Waals surface area (Å²) >= 11 is 0. The normalized spacial score (nSPS) is 16.5. The first kappa shape index (κ1) is 13.9. The number of allylic oxidation sites excluding steroid dienone is 2. The number of benzene rings is 1. The van der Waals surface area contributed by atoms with Crippen LogP contribution in [0.5, 0.6) is 0 Å². The summed E-state index contributed by atoms with van der Waals surface area (Å²) in [5.74, 6) is -0.307. The molecule has 1 aliphatic heterocycles. The molecule has 0 bridgehead atoms. The highest BCUT2D eigenvalue weighted by Crippen LogP contribution is 2.21. The molecule has 7 nitrogen and oxygen atoms in total. The molecule has 0 spiro atoms. The van der Waals surface area contributed by atoms with Crippen LogP contribution < -0.4 is 5.32 Å². The first-order valence-corrected chi connectivity index (χ1v) is 7.05. The molecule has 2 aromatic rings. The number of tetrazole rings is 1. The molecule has 1 saturated heterocycles. The molecule has 1 aromatic heterocycles. The number of para-hydroxylation sites is 1. The Morgan fingerprint density at radius 2 is 2.18 bits per heavy atom. The van der Waals surface area contributed by atoms with Gasteiger partial charge in [-0.25, -0.2) is 0 Å². The number of piperidine rings is 1. The number of aromatic nitrogens is 4. The van der Waals surface area contributed by atoms with Crippen LogP contribution in [0.15, 0.2) is 41.9 Å². The van der Waals surface area contributed by atoms with Crippen LogP contribution >= 0.6 is 0 Å². The van der Waals surface area contributed by atoms with Crippen LogP contribution in [0.25, 0.3) is 5.69 Å². The lowest BCUT2D eigenvalue weighted by atomic mass is 9.97. The number of nitrogens with one attached hydrogen (secondary N) is 1. The van der Waals surface area contributed by atoms with Gasteiger partial charge >= 0.3 is 0 Å². The van der Waals surface area contributed by atoms with Crippen LogP contribution in [0, 0.1) is 11.3 Å². The molecule has 2 heterocycles. The molecule has 3 rings (SSSR count). The van der Waals surface area contributed by atoms with Crippen LogP contribution in [0.3, 0.4) is 0 Å². The lowest BCUT2D eigenvalue weighted by molar-refractivity contribution is 0.103. The molecule has 0 aliphatic carbocycles. The van der Waals surface area contributed by atoms with Gasteiger partial charge < -0.3 is 5.32 Å². The number of nitriles is 1. The maximum atomic E-state index is 12.8. The van der Waals surface area contributed by atoms with Crippen LogP contribution in [-0.2, 0) is 0 Å². The second kappa shape index (κ2) is 6.18. The van der Waals surface area contributed by atoms with E-state index in [-0.39, 0.29) is 11.4 Å². The summed E-state index contributed by atoms with van der Waals surface area (Å²) < 4.78 is 1.42. The average Bonchev–Trinajstić information content (AvgIpc) is 3.11. The van der Waals surface area contributed by atoms with Crippen molar-refractivity contribution >= 4 is 5.78 Å². The zero-order valence-corrected chi connectivity index (χ0v) is 11.9. The first-order chi connectivity index (χ1) is 10.8. The minimum absolute atomic E-state index is 0.167. The molecule has 7 heteroatoms. The van der Waals surface area contributed by atoms with E-state index < -0.39 is 0 Å². The van der Waals surface area contributed by atoms with Gasteiger partial charge in [0.15, 0.2) is 0 Å². The van der Waals surface area contributed by atoms with Gasteiger partial charge in [0, 0.05) is 17.8 Å².